The molecular weight excluding hydrogens is 320 g/mol. The van der Waals surface area contributed by atoms with Gasteiger partial charge >= 0.3 is 0 Å². The Kier molecular flexibility index (Phi) is 5.76. The molecule has 24 heavy (non-hydrogen) atoms. The number of ether oxygens (including phenoxy) is 2. The smallest absolute Gasteiger partial charge is 0.127 e. The van der Waals surface area contributed by atoms with Crippen molar-refractivity contribution in [1.29, 1.82) is 0 Å². The summed E-state index contributed by atoms with van der Waals surface area (Å²) in [5, 5.41) is 5.69. The Balaban J connectivity index is 2.06. The molecule has 1 N–H and O–H groups in total. The van der Waals surface area contributed by atoms with Crippen LogP contribution in [0.4, 0.5) is 0 Å². The van der Waals surface area contributed by atoms with Crippen LogP contribution in [0.25, 0.3) is 0 Å². The normalized spacial score (nSPS) is 17.3. The summed E-state index contributed by atoms with van der Waals surface area (Å²) < 4.78 is 11.1. The number of nitrogens with zero attached hydrogens (tertiary/aromatic N) is 1. The molecule has 0 saturated carbocycles. The number of hydrogen-bond donors (Lipinski definition) is 1. The van der Waals surface area contributed by atoms with E-state index in [4.69, 9.17) is 9.47 Å². The molecule has 1 unspecified atom stereocenters. The maximum Gasteiger partial charge on any atom is 0.127 e. The second-order valence-electron chi connectivity index (χ2n) is 6.12. The van der Waals surface area contributed by atoms with Gasteiger partial charge in [-0.05, 0) is 49.0 Å². The van der Waals surface area contributed by atoms with Crippen LogP contribution >= 0.6 is 11.3 Å². The Morgan fingerprint density at radius 1 is 1.12 bits per heavy atom. The molecule has 5 heteroatoms. The lowest BCUT2D eigenvalue weighted by Gasteiger charge is -2.32. The number of nitrogens with one attached hydrogen (secondary N) is 1. The molecule has 0 bridgehead atoms. The van der Waals surface area contributed by atoms with E-state index in [1.165, 1.54) is 22.4 Å². The molecule has 4 nitrogen and oxygen atoms in total. The number of rotatable bonds is 5. The van der Waals surface area contributed by atoms with Crippen molar-refractivity contribution in [2.75, 3.05) is 40.4 Å². The first-order chi connectivity index (χ1) is 11.7. The quantitative estimate of drug-likeness (QED) is 0.899. The highest BCUT2D eigenvalue weighted by molar-refractivity contribution is 7.10. The van der Waals surface area contributed by atoms with E-state index in [1.807, 2.05) is 23.5 Å². The van der Waals surface area contributed by atoms with Gasteiger partial charge < -0.3 is 14.8 Å². The highest BCUT2D eigenvalue weighted by Gasteiger charge is 2.28. The zero-order valence-corrected chi connectivity index (χ0v) is 15.5. The van der Waals surface area contributed by atoms with Crippen LogP contribution in [0.1, 0.15) is 28.5 Å². The Morgan fingerprint density at radius 3 is 2.71 bits per heavy atom. The fraction of sp³-hybridized carbons (Fsp3) is 0.474. The molecule has 2 heterocycles. The summed E-state index contributed by atoms with van der Waals surface area (Å²) in [6, 6.07) is 8.61. The molecule has 1 aliphatic rings. The van der Waals surface area contributed by atoms with Gasteiger partial charge in [0.15, 0.2) is 0 Å². The Hall–Kier alpha value is -1.56. The van der Waals surface area contributed by atoms with E-state index in [9.17, 15) is 0 Å². The van der Waals surface area contributed by atoms with Crippen LogP contribution in [0.5, 0.6) is 11.5 Å². The van der Waals surface area contributed by atoms with Crippen molar-refractivity contribution >= 4 is 11.3 Å². The zero-order valence-electron chi connectivity index (χ0n) is 14.7. The number of aryl methyl sites for hydroxylation is 1. The predicted octanol–water partition coefficient (Wildman–Crippen LogP) is 3.46. The minimum absolute atomic E-state index is 0.228. The van der Waals surface area contributed by atoms with Crippen molar-refractivity contribution in [3.05, 3.63) is 45.6 Å². The van der Waals surface area contributed by atoms with Gasteiger partial charge in [0.05, 0.1) is 20.3 Å². The summed E-state index contributed by atoms with van der Waals surface area (Å²) in [7, 11) is 3.43. The van der Waals surface area contributed by atoms with E-state index in [0.717, 1.165) is 37.7 Å². The number of methoxy groups -OCH3 is 2. The van der Waals surface area contributed by atoms with Gasteiger partial charge in [-0.2, -0.15) is 0 Å². The van der Waals surface area contributed by atoms with Crippen LogP contribution in [0.15, 0.2) is 29.6 Å². The SMILES string of the molecule is COc1ccc(C(c2sccc2C)N2CCCNCC2)c(OC)c1. The van der Waals surface area contributed by atoms with Gasteiger partial charge in [-0.25, -0.2) is 0 Å². The lowest BCUT2D eigenvalue weighted by atomic mass is 9.99. The first-order valence-electron chi connectivity index (χ1n) is 8.45. The van der Waals surface area contributed by atoms with E-state index in [2.05, 4.69) is 34.7 Å². The maximum absolute atomic E-state index is 5.71. The largest absolute Gasteiger partial charge is 0.497 e. The van der Waals surface area contributed by atoms with Gasteiger partial charge in [0.2, 0.25) is 0 Å². The third-order valence-corrected chi connectivity index (χ3v) is 5.70. The lowest BCUT2D eigenvalue weighted by molar-refractivity contribution is 0.238. The van der Waals surface area contributed by atoms with Crippen molar-refractivity contribution in [1.82, 2.24) is 10.2 Å². The molecule has 0 aliphatic carbocycles. The van der Waals surface area contributed by atoms with Crippen LogP contribution < -0.4 is 14.8 Å². The molecule has 0 radical (unpaired) electrons. The van der Waals surface area contributed by atoms with Crippen molar-refractivity contribution < 1.29 is 9.47 Å². The van der Waals surface area contributed by atoms with Gasteiger partial charge in [0.25, 0.3) is 0 Å². The molecular formula is C19H26N2O2S. The zero-order chi connectivity index (χ0) is 16.9. The maximum atomic E-state index is 5.71. The number of thiophene rings is 1. The van der Waals surface area contributed by atoms with E-state index >= 15 is 0 Å². The molecule has 1 saturated heterocycles. The molecule has 130 valence electrons. The fourth-order valence-electron chi connectivity index (χ4n) is 3.34. The number of benzene rings is 1. The summed E-state index contributed by atoms with van der Waals surface area (Å²) in [6.45, 7) is 6.44. The second kappa shape index (κ2) is 8.01. The molecule has 1 atom stereocenters. The first kappa shape index (κ1) is 17.3. The molecule has 3 rings (SSSR count). The minimum Gasteiger partial charge on any atom is -0.497 e. The van der Waals surface area contributed by atoms with E-state index in [0.29, 0.717) is 0 Å². The van der Waals surface area contributed by atoms with Crippen LogP contribution in [-0.2, 0) is 0 Å². The number of hydrogen-bond acceptors (Lipinski definition) is 5. The highest BCUT2D eigenvalue weighted by atomic mass is 32.1. The molecule has 1 aromatic carbocycles. The summed E-state index contributed by atoms with van der Waals surface area (Å²) in [5.74, 6) is 1.72. The standard InChI is InChI=1S/C19H26N2O2S/c1-14-7-12-24-19(14)18(21-10-4-8-20-9-11-21)16-6-5-15(22-2)13-17(16)23-3/h5-7,12-13,18,20H,4,8-11H2,1-3H3. The predicted molar refractivity (Wildman–Crippen MR) is 99.5 cm³/mol. The van der Waals surface area contributed by atoms with Gasteiger partial charge in [-0.15, -0.1) is 11.3 Å². The molecule has 1 fully saturated rings. The summed E-state index contributed by atoms with van der Waals surface area (Å²) >= 11 is 1.83. The van der Waals surface area contributed by atoms with Crippen molar-refractivity contribution in [2.45, 2.75) is 19.4 Å². The molecule has 0 spiro atoms. The third-order valence-electron chi connectivity index (χ3n) is 4.63. The topological polar surface area (TPSA) is 33.7 Å². The van der Waals surface area contributed by atoms with E-state index < -0.39 is 0 Å². The second-order valence-corrected chi connectivity index (χ2v) is 7.07. The third kappa shape index (κ3) is 3.58. The van der Waals surface area contributed by atoms with E-state index in [-0.39, 0.29) is 6.04 Å². The van der Waals surface area contributed by atoms with Crippen LogP contribution in [0.3, 0.4) is 0 Å². The van der Waals surface area contributed by atoms with Gasteiger partial charge in [0, 0.05) is 36.1 Å². The van der Waals surface area contributed by atoms with Gasteiger partial charge in [0.1, 0.15) is 11.5 Å². The summed E-state index contributed by atoms with van der Waals surface area (Å²) in [4.78, 5) is 3.98. The first-order valence-corrected chi connectivity index (χ1v) is 9.33. The van der Waals surface area contributed by atoms with Gasteiger partial charge in [-0.1, -0.05) is 0 Å². The van der Waals surface area contributed by atoms with Crippen LogP contribution in [0.2, 0.25) is 0 Å². The Morgan fingerprint density at radius 2 is 2.00 bits per heavy atom. The highest BCUT2D eigenvalue weighted by Crippen LogP contribution is 2.40. The molecule has 1 aromatic heterocycles. The van der Waals surface area contributed by atoms with Crippen molar-refractivity contribution in [2.24, 2.45) is 0 Å². The Labute approximate surface area is 148 Å². The lowest BCUT2D eigenvalue weighted by Crippen LogP contribution is -2.33. The average molecular weight is 346 g/mol. The fourth-order valence-corrected chi connectivity index (χ4v) is 4.42. The molecule has 1 aliphatic heterocycles. The van der Waals surface area contributed by atoms with Crippen molar-refractivity contribution in [3.8, 4) is 11.5 Å². The monoisotopic (exact) mass is 346 g/mol. The van der Waals surface area contributed by atoms with Crippen molar-refractivity contribution in [3.63, 3.8) is 0 Å². The molecule has 2 aromatic rings. The minimum atomic E-state index is 0.228. The summed E-state index contributed by atoms with van der Waals surface area (Å²) in [6.07, 6.45) is 1.17. The average Bonchev–Trinajstić information content (AvgIpc) is 2.86. The van der Waals surface area contributed by atoms with Crippen LogP contribution in [-0.4, -0.2) is 45.3 Å². The molecule has 0 amide bonds. The van der Waals surface area contributed by atoms with Crippen LogP contribution in [0, 0.1) is 6.92 Å². The summed E-state index contributed by atoms with van der Waals surface area (Å²) in [5.41, 5.74) is 2.56. The Bertz CT molecular complexity index is 663. The van der Waals surface area contributed by atoms with E-state index in [1.54, 1.807) is 14.2 Å². The van der Waals surface area contributed by atoms with Gasteiger partial charge in [-0.3, -0.25) is 4.90 Å².